The Labute approximate surface area is 165 Å². The molecule has 9 heteroatoms. The third-order valence-corrected chi connectivity index (χ3v) is 7.02. The minimum atomic E-state index is -3.57. The number of fused-ring (bicyclic) bond motifs is 1. The van der Waals surface area contributed by atoms with Crippen molar-refractivity contribution in [3.63, 3.8) is 0 Å². The van der Waals surface area contributed by atoms with Crippen LogP contribution in [0.5, 0.6) is 0 Å². The van der Waals surface area contributed by atoms with Gasteiger partial charge < -0.3 is 9.30 Å². The number of amides is 1. The second kappa shape index (κ2) is 8.34. The lowest BCUT2D eigenvalue weighted by Crippen LogP contribution is -2.20. The molecule has 6 nitrogen and oxygen atoms in total. The smallest absolute Gasteiger partial charge is 0.280 e. The number of ether oxygens (including phenoxy) is 1. The van der Waals surface area contributed by atoms with E-state index < -0.39 is 15.7 Å². The highest BCUT2D eigenvalue weighted by molar-refractivity contribution is 7.91. The lowest BCUT2D eigenvalue weighted by atomic mass is 10.2. The normalized spacial score (nSPS) is 12.6. The first-order valence-electron chi connectivity index (χ1n) is 8.56. The van der Waals surface area contributed by atoms with Crippen LogP contribution in [0, 0.1) is 5.82 Å². The van der Waals surface area contributed by atoms with Crippen LogP contribution in [0.3, 0.4) is 0 Å². The predicted octanol–water partition coefficient (Wildman–Crippen LogP) is 3.02. The van der Waals surface area contributed by atoms with Crippen LogP contribution < -0.4 is 4.80 Å². The van der Waals surface area contributed by atoms with Gasteiger partial charge in [-0.1, -0.05) is 30.4 Å². The van der Waals surface area contributed by atoms with Crippen molar-refractivity contribution < 1.29 is 22.3 Å². The van der Waals surface area contributed by atoms with Gasteiger partial charge >= 0.3 is 0 Å². The van der Waals surface area contributed by atoms with E-state index in [-0.39, 0.29) is 22.0 Å². The fraction of sp³-hybridized carbons (Fsp3) is 0.263. The second-order valence-corrected chi connectivity index (χ2v) is 9.21. The first-order chi connectivity index (χ1) is 13.4. The van der Waals surface area contributed by atoms with Crippen LogP contribution in [0.25, 0.3) is 10.2 Å². The van der Waals surface area contributed by atoms with E-state index in [1.165, 1.54) is 31.2 Å². The maximum Gasteiger partial charge on any atom is 0.280 e. The molecule has 0 unspecified atom stereocenters. The van der Waals surface area contributed by atoms with Gasteiger partial charge in [0.05, 0.1) is 33.0 Å². The summed E-state index contributed by atoms with van der Waals surface area (Å²) in [5, 5.41) is 0. The first-order valence-corrected chi connectivity index (χ1v) is 11.0. The maximum absolute atomic E-state index is 13.6. The molecule has 0 aliphatic heterocycles. The molecule has 0 saturated carbocycles. The topological polar surface area (TPSA) is 77.7 Å². The fourth-order valence-electron chi connectivity index (χ4n) is 2.75. The fourth-order valence-corrected chi connectivity index (χ4v) is 4.91. The highest BCUT2D eigenvalue weighted by Crippen LogP contribution is 2.20. The standard InChI is InChI=1S/C19H19FN2O4S2/c1-3-28(24,25)17-7-5-4-6-14(17)18(23)21-19-22(10-11-26-2)15-9-8-13(20)12-16(15)27-19/h4-9,12H,3,10-11H2,1-2H3. The van der Waals surface area contributed by atoms with Crippen molar-refractivity contribution in [1.82, 2.24) is 4.57 Å². The molecule has 3 rings (SSSR count). The summed E-state index contributed by atoms with van der Waals surface area (Å²) < 4.78 is 45.7. The molecular formula is C19H19FN2O4S2. The molecule has 0 spiro atoms. The molecular weight excluding hydrogens is 403 g/mol. The third kappa shape index (κ3) is 4.06. The number of halogens is 1. The number of carbonyl (C=O) groups is 1. The number of sulfone groups is 1. The summed E-state index contributed by atoms with van der Waals surface area (Å²) in [5.74, 6) is -1.16. The lowest BCUT2D eigenvalue weighted by Gasteiger charge is -2.06. The van der Waals surface area contributed by atoms with Gasteiger partial charge in [0.25, 0.3) is 5.91 Å². The van der Waals surface area contributed by atoms with Gasteiger partial charge in [-0.05, 0) is 30.3 Å². The summed E-state index contributed by atoms with van der Waals surface area (Å²) in [7, 11) is -2.02. The average molecular weight is 423 g/mol. The molecule has 28 heavy (non-hydrogen) atoms. The van der Waals surface area contributed by atoms with Crippen molar-refractivity contribution in [1.29, 1.82) is 0 Å². The molecule has 0 N–H and O–H groups in total. The van der Waals surface area contributed by atoms with E-state index >= 15 is 0 Å². The van der Waals surface area contributed by atoms with Crippen LogP contribution in [-0.2, 0) is 21.1 Å². The van der Waals surface area contributed by atoms with E-state index in [4.69, 9.17) is 4.74 Å². The van der Waals surface area contributed by atoms with Crippen LogP contribution in [0.1, 0.15) is 17.3 Å². The summed E-state index contributed by atoms with van der Waals surface area (Å²) in [6.45, 7) is 2.32. The average Bonchev–Trinajstić information content (AvgIpc) is 3.02. The monoisotopic (exact) mass is 422 g/mol. The molecule has 0 atom stereocenters. The molecule has 148 valence electrons. The summed E-state index contributed by atoms with van der Waals surface area (Å²) >= 11 is 1.16. The van der Waals surface area contributed by atoms with Crippen molar-refractivity contribution in [3.05, 3.63) is 58.6 Å². The number of aromatic nitrogens is 1. The quantitative estimate of drug-likeness (QED) is 0.612. The molecule has 0 aliphatic rings. The number of methoxy groups -OCH3 is 1. The zero-order valence-electron chi connectivity index (χ0n) is 15.4. The number of hydrogen-bond acceptors (Lipinski definition) is 5. The molecule has 1 heterocycles. The lowest BCUT2D eigenvalue weighted by molar-refractivity contribution is 0.0994. The van der Waals surface area contributed by atoms with Gasteiger partial charge in [0.1, 0.15) is 5.82 Å². The van der Waals surface area contributed by atoms with Gasteiger partial charge in [-0.2, -0.15) is 4.99 Å². The summed E-state index contributed by atoms with van der Waals surface area (Å²) in [4.78, 5) is 17.3. The third-order valence-electron chi connectivity index (χ3n) is 4.19. The second-order valence-electron chi connectivity index (χ2n) is 5.96. The highest BCUT2D eigenvalue weighted by Gasteiger charge is 2.20. The molecule has 0 saturated heterocycles. The Hall–Kier alpha value is -2.36. The van der Waals surface area contributed by atoms with Gasteiger partial charge in [0.15, 0.2) is 14.6 Å². The molecule has 1 aromatic heterocycles. The number of thiazole rings is 1. The number of hydrogen-bond donors (Lipinski definition) is 0. The predicted molar refractivity (Wildman–Crippen MR) is 106 cm³/mol. The largest absolute Gasteiger partial charge is 0.383 e. The summed E-state index contributed by atoms with van der Waals surface area (Å²) in [6.07, 6.45) is 0. The number of carbonyl (C=O) groups excluding carboxylic acids is 1. The van der Waals surface area contributed by atoms with Crippen LogP contribution in [-0.4, -0.2) is 38.4 Å². The van der Waals surface area contributed by atoms with E-state index in [9.17, 15) is 17.6 Å². The Morgan fingerprint density at radius 1 is 1.25 bits per heavy atom. The number of rotatable bonds is 6. The molecule has 0 aliphatic carbocycles. The van der Waals surface area contributed by atoms with Crippen LogP contribution in [0.15, 0.2) is 52.4 Å². The number of nitrogens with zero attached hydrogens (tertiary/aromatic N) is 2. The van der Waals surface area contributed by atoms with Gasteiger partial charge in [0.2, 0.25) is 0 Å². The Kier molecular flexibility index (Phi) is 6.07. The van der Waals surface area contributed by atoms with Gasteiger partial charge in [-0.3, -0.25) is 4.79 Å². The maximum atomic E-state index is 13.6. The van der Waals surface area contributed by atoms with Crippen molar-refractivity contribution in [2.45, 2.75) is 18.4 Å². The Morgan fingerprint density at radius 3 is 2.71 bits per heavy atom. The SMILES string of the molecule is CCS(=O)(=O)c1ccccc1C(=O)N=c1sc2cc(F)ccc2n1CCOC. The van der Waals surface area contributed by atoms with Crippen LogP contribution in [0.2, 0.25) is 0 Å². The zero-order valence-corrected chi connectivity index (χ0v) is 17.0. The zero-order chi connectivity index (χ0) is 20.3. The first kappa shape index (κ1) is 20.4. The van der Waals surface area contributed by atoms with E-state index in [0.29, 0.717) is 22.7 Å². The minimum absolute atomic E-state index is 0.0197. The summed E-state index contributed by atoms with van der Waals surface area (Å²) in [5.41, 5.74) is 0.746. The molecule has 0 radical (unpaired) electrons. The Bertz CT molecular complexity index is 1200. The summed E-state index contributed by atoms with van der Waals surface area (Å²) in [6, 6.07) is 10.4. The van der Waals surface area contributed by atoms with Crippen LogP contribution in [0.4, 0.5) is 4.39 Å². The van der Waals surface area contributed by atoms with Crippen molar-refractivity contribution in [2.24, 2.45) is 4.99 Å². The van der Waals surface area contributed by atoms with Crippen molar-refractivity contribution >= 4 is 37.3 Å². The van der Waals surface area contributed by atoms with Crippen molar-refractivity contribution in [2.75, 3.05) is 19.5 Å². The number of benzene rings is 2. The van der Waals surface area contributed by atoms with Crippen molar-refractivity contribution in [3.8, 4) is 0 Å². The Balaban J connectivity index is 2.17. The minimum Gasteiger partial charge on any atom is -0.383 e. The van der Waals surface area contributed by atoms with Gasteiger partial charge in [0, 0.05) is 13.7 Å². The molecule has 0 bridgehead atoms. The van der Waals surface area contributed by atoms with Gasteiger partial charge in [-0.25, -0.2) is 12.8 Å². The van der Waals surface area contributed by atoms with E-state index in [1.54, 1.807) is 29.9 Å². The van der Waals surface area contributed by atoms with E-state index in [0.717, 1.165) is 16.9 Å². The molecule has 0 fully saturated rings. The van der Waals surface area contributed by atoms with E-state index in [1.807, 2.05) is 0 Å². The Morgan fingerprint density at radius 2 is 2.00 bits per heavy atom. The molecule has 1 amide bonds. The molecule has 2 aromatic carbocycles. The van der Waals surface area contributed by atoms with Crippen LogP contribution >= 0.6 is 11.3 Å². The van der Waals surface area contributed by atoms with E-state index in [2.05, 4.69) is 4.99 Å². The highest BCUT2D eigenvalue weighted by atomic mass is 32.2. The molecule has 3 aromatic rings. The van der Waals surface area contributed by atoms with Gasteiger partial charge in [-0.15, -0.1) is 0 Å².